The molecule has 3 rings (SSSR count). The van der Waals surface area contributed by atoms with Crippen LogP contribution in [0.1, 0.15) is 39.5 Å². The van der Waals surface area contributed by atoms with Crippen molar-refractivity contribution in [1.29, 1.82) is 0 Å². The normalized spacial score (nSPS) is 36.6. The summed E-state index contributed by atoms with van der Waals surface area (Å²) in [6, 6.07) is 1.54. The molecular weight excluding hydrogens is 172 g/mol. The summed E-state index contributed by atoms with van der Waals surface area (Å²) in [5.41, 5.74) is 0. The molecule has 0 aromatic heterocycles. The Morgan fingerprint density at radius 1 is 1.21 bits per heavy atom. The molecule has 0 radical (unpaired) electrons. The van der Waals surface area contributed by atoms with Crippen molar-refractivity contribution in [2.75, 3.05) is 19.6 Å². The predicted molar refractivity (Wildman–Crippen MR) is 60.5 cm³/mol. The number of piperidine rings is 3. The molecule has 14 heavy (non-hydrogen) atoms. The average molecular weight is 196 g/mol. The monoisotopic (exact) mass is 196 g/mol. The van der Waals surface area contributed by atoms with Gasteiger partial charge in [-0.2, -0.15) is 0 Å². The van der Waals surface area contributed by atoms with E-state index in [1.807, 2.05) is 0 Å². The third-order valence-electron chi connectivity index (χ3n) is 4.09. The van der Waals surface area contributed by atoms with Crippen molar-refractivity contribution in [3.05, 3.63) is 0 Å². The van der Waals surface area contributed by atoms with Gasteiger partial charge in [0, 0.05) is 18.6 Å². The number of nitrogens with one attached hydrogen (secondary N) is 1. The fourth-order valence-corrected chi connectivity index (χ4v) is 2.98. The Kier molecular flexibility index (Phi) is 3.45. The minimum atomic E-state index is 0.751. The summed E-state index contributed by atoms with van der Waals surface area (Å²) < 4.78 is 0. The van der Waals surface area contributed by atoms with Crippen LogP contribution in [0.2, 0.25) is 0 Å². The molecule has 1 atom stereocenters. The minimum absolute atomic E-state index is 0.751. The van der Waals surface area contributed by atoms with Crippen LogP contribution in [0.25, 0.3) is 0 Å². The van der Waals surface area contributed by atoms with E-state index < -0.39 is 0 Å². The highest BCUT2D eigenvalue weighted by atomic mass is 15.2. The molecule has 0 aromatic rings. The van der Waals surface area contributed by atoms with Crippen LogP contribution in [0.5, 0.6) is 0 Å². The Morgan fingerprint density at radius 3 is 2.29 bits per heavy atom. The van der Waals surface area contributed by atoms with Gasteiger partial charge >= 0.3 is 0 Å². The van der Waals surface area contributed by atoms with Crippen molar-refractivity contribution in [2.24, 2.45) is 5.92 Å². The molecule has 1 unspecified atom stereocenters. The van der Waals surface area contributed by atoms with Gasteiger partial charge in [-0.1, -0.05) is 13.8 Å². The van der Waals surface area contributed by atoms with Gasteiger partial charge in [0.1, 0.15) is 0 Å². The van der Waals surface area contributed by atoms with Crippen LogP contribution in [0.3, 0.4) is 0 Å². The van der Waals surface area contributed by atoms with Crippen molar-refractivity contribution in [2.45, 2.75) is 51.6 Å². The summed E-state index contributed by atoms with van der Waals surface area (Å²) in [7, 11) is 0. The van der Waals surface area contributed by atoms with Gasteiger partial charge in [0.25, 0.3) is 0 Å². The minimum Gasteiger partial charge on any atom is -0.310 e. The first-order chi connectivity index (χ1) is 6.83. The molecule has 3 aliphatic rings. The van der Waals surface area contributed by atoms with E-state index in [1.54, 1.807) is 0 Å². The van der Waals surface area contributed by atoms with Gasteiger partial charge < -0.3 is 10.2 Å². The van der Waals surface area contributed by atoms with E-state index in [9.17, 15) is 0 Å². The van der Waals surface area contributed by atoms with E-state index >= 15 is 0 Å². The van der Waals surface area contributed by atoms with Gasteiger partial charge in [0.15, 0.2) is 0 Å². The first-order valence-electron chi connectivity index (χ1n) is 6.31. The van der Waals surface area contributed by atoms with Gasteiger partial charge in [-0.15, -0.1) is 0 Å². The van der Waals surface area contributed by atoms with Crippen LogP contribution in [0.4, 0.5) is 0 Å². The third-order valence-corrected chi connectivity index (χ3v) is 4.09. The van der Waals surface area contributed by atoms with Crippen molar-refractivity contribution < 1.29 is 0 Å². The first kappa shape index (κ1) is 10.4. The van der Waals surface area contributed by atoms with E-state index in [2.05, 4.69) is 24.1 Å². The van der Waals surface area contributed by atoms with Crippen LogP contribution >= 0.6 is 0 Å². The summed E-state index contributed by atoms with van der Waals surface area (Å²) in [5, 5.41) is 3.85. The first-order valence-corrected chi connectivity index (χ1v) is 6.31. The SMILES string of the molecule is CCC(CC)NC1CN2CCC1CC2. The number of fused-ring (bicyclic) bond motifs is 3. The van der Waals surface area contributed by atoms with E-state index in [-0.39, 0.29) is 0 Å². The molecule has 82 valence electrons. The fraction of sp³-hybridized carbons (Fsp3) is 1.00. The topological polar surface area (TPSA) is 15.3 Å². The van der Waals surface area contributed by atoms with Crippen LogP contribution < -0.4 is 5.32 Å². The second-order valence-corrected chi connectivity index (χ2v) is 4.92. The zero-order valence-electron chi connectivity index (χ0n) is 9.63. The van der Waals surface area contributed by atoms with Gasteiger partial charge in [-0.25, -0.2) is 0 Å². The smallest absolute Gasteiger partial charge is 0.0226 e. The predicted octanol–water partition coefficient (Wildman–Crippen LogP) is 1.86. The van der Waals surface area contributed by atoms with Gasteiger partial charge in [-0.3, -0.25) is 0 Å². The van der Waals surface area contributed by atoms with E-state index in [0.717, 1.165) is 18.0 Å². The van der Waals surface area contributed by atoms with Crippen LogP contribution in [0.15, 0.2) is 0 Å². The van der Waals surface area contributed by atoms with Gasteiger partial charge in [-0.05, 0) is 44.7 Å². The maximum absolute atomic E-state index is 3.85. The van der Waals surface area contributed by atoms with E-state index in [1.165, 1.54) is 45.3 Å². The van der Waals surface area contributed by atoms with E-state index in [4.69, 9.17) is 0 Å². The highest BCUT2D eigenvalue weighted by molar-refractivity contribution is 4.92. The van der Waals surface area contributed by atoms with Gasteiger partial charge in [0.2, 0.25) is 0 Å². The van der Waals surface area contributed by atoms with Crippen LogP contribution in [-0.4, -0.2) is 36.6 Å². The lowest BCUT2D eigenvalue weighted by atomic mass is 9.83. The standard InChI is InChI=1S/C12H24N2/c1-3-11(4-2)13-12-9-14-7-5-10(12)6-8-14/h10-13H,3-9H2,1-2H3. The molecule has 0 aromatic carbocycles. The zero-order chi connectivity index (χ0) is 9.97. The molecule has 2 heteroatoms. The summed E-state index contributed by atoms with van der Waals surface area (Å²) in [5.74, 6) is 0.973. The number of hydrogen-bond acceptors (Lipinski definition) is 2. The maximum Gasteiger partial charge on any atom is 0.0226 e. The Hall–Kier alpha value is -0.0800. The highest BCUT2D eigenvalue weighted by Gasteiger charge is 2.34. The van der Waals surface area contributed by atoms with Crippen LogP contribution in [0, 0.1) is 5.92 Å². The molecule has 3 fully saturated rings. The second kappa shape index (κ2) is 4.63. The van der Waals surface area contributed by atoms with Crippen molar-refractivity contribution in [1.82, 2.24) is 10.2 Å². The maximum atomic E-state index is 3.85. The lowest BCUT2D eigenvalue weighted by Crippen LogP contribution is -2.57. The van der Waals surface area contributed by atoms with Crippen molar-refractivity contribution in [3.8, 4) is 0 Å². The molecule has 3 aliphatic heterocycles. The molecule has 2 bridgehead atoms. The molecule has 2 nitrogen and oxygen atoms in total. The van der Waals surface area contributed by atoms with E-state index in [0.29, 0.717) is 0 Å². The highest BCUT2D eigenvalue weighted by Crippen LogP contribution is 2.27. The summed E-state index contributed by atoms with van der Waals surface area (Å²) in [6.07, 6.45) is 5.41. The Morgan fingerprint density at radius 2 is 1.86 bits per heavy atom. The zero-order valence-corrected chi connectivity index (χ0v) is 9.63. The third kappa shape index (κ3) is 2.12. The Labute approximate surface area is 88.1 Å². The second-order valence-electron chi connectivity index (χ2n) is 4.92. The number of hydrogen-bond donors (Lipinski definition) is 1. The largest absolute Gasteiger partial charge is 0.310 e. The molecule has 0 aliphatic carbocycles. The summed E-state index contributed by atoms with van der Waals surface area (Å²) in [4.78, 5) is 2.63. The summed E-state index contributed by atoms with van der Waals surface area (Å²) in [6.45, 7) is 8.60. The lowest BCUT2D eigenvalue weighted by molar-refractivity contribution is 0.0664. The van der Waals surface area contributed by atoms with Crippen molar-refractivity contribution in [3.63, 3.8) is 0 Å². The molecule has 0 saturated carbocycles. The Balaban J connectivity index is 1.86. The lowest BCUT2D eigenvalue weighted by Gasteiger charge is -2.46. The number of nitrogens with zero attached hydrogens (tertiary/aromatic N) is 1. The van der Waals surface area contributed by atoms with Gasteiger partial charge in [0.05, 0.1) is 0 Å². The summed E-state index contributed by atoms with van der Waals surface area (Å²) >= 11 is 0. The average Bonchev–Trinajstić information content (AvgIpc) is 2.27. The van der Waals surface area contributed by atoms with Crippen LogP contribution in [-0.2, 0) is 0 Å². The molecule has 0 spiro atoms. The Bertz CT molecular complexity index is 169. The molecule has 3 heterocycles. The quantitative estimate of drug-likeness (QED) is 0.738. The molecule has 0 amide bonds. The van der Waals surface area contributed by atoms with Crippen molar-refractivity contribution >= 4 is 0 Å². The molecular formula is C12H24N2. The molecule has 3 saturated heterocycles. The number of rotatable bonds is 4. The molecule has 1 N–H and O–H groups in total. The fourth-order valence-electron chi connectivity index (χ4n) is 2.98.